The summed E-state index contributed by atoms with van der Waals surface area (Å²) in [5.74, 6) is -1.38. The summed E-state index contributed by atoms with van der Waals surface area (Å²) in [6.07, 6.45) is 0.904. The number of carboxylic acids is 1. The highest BCUT2D eigenvalue weighted by Crippen LogP contribution is 2.26. The highest BCUT2D eigenvalue weighted by molar-refractivity contribution is 7.09. The van der Waals surface area contributed by atoms with E-state index in [1.54, 1.807) is 17.4 Å². The number of aromatic carboxylic acids is 1. The van der Waals surface area contributed by atoms with E-state index in [1.165, 1.54) is 12.1 Å². The summed E-state index contributed by atoms with van der Waals surface area (Å²) in [5.41, 5.74) is 0.139. The van der Waals surface area contributed by atoms with Crippen LogP contribution in [0, 0.1) is 0 Å². The van der Waals surface area contributed by atoms with Crippen molar-refractivity contribution in [3.05, 3.63) is 51.2 Å². The number of carbonyl (C=O) groups excluding carboxylic acids is 1. The Kier molecular flexibility index (Phi) is 4.76. The van der Waals surface area contributed by atoms with Crippen molar-refractivity contribution in [1.29, 1.82) is 0 Å². The van der Waals surface area contributed by atoms with Gasteiger partial charge in [0.2, 0.25) is 5.91 Å². The smallest absolute Gasteiger partial charge is 0.337 e. The zero-order valence-electron chi connectivity index (χ0n) is 10.4. The second-order valence-electron chi connectivity index (χ2n) is 4.10. The minimum atomic E-state index is -1.12. The van der Waals surface area contributed by atoms with Crippen molar-refractivity contribution in [2.75, 3.05) is 5.32 Å². The van der Waals surface area contributed by atoms with Crippen molar-refractivity contribution < 1.29 is 14.7 Å². The number of carbonyl (C=O) groups is 2. The van der Waals surface area contributed by atoms with Crippen LogP contribution in [0.5, 0.6) is 0 Å². The van der Waals surface area contributed by atoms with Gasteiger partial charge in [-0.1, -0.05) is 23.7 Å². The molecule has 1 aromatic carbocycles. The van der Waals surface area contributed by atoms with Crippen molar-refractivity contribution in [2.45, 2.75) is 12.8 Å². The third-order valence-corrected chi connectivity index (χ3v) is 3.94. The number of anilines is 1. The number of benzene rings is 1. The number of rotatable bonds is 5. The van der Waals surface area contributed by atoms with Gasteiger partial charge >= 0.3 is 5.97 Å². The second kappa shape index (κ2) is 6.54. The Morgan fingerprint density at radius 3 is 2.70 bits per heavy atom. The van der Waals surface area contributed by atoms with Gasteiger partial charge in [0.15, 0.2) is 0 Å². The second-order valence-corrected chi connectivity index (χ2v) is 5.53. The Hall–Kier alpha value is -1.85. The maximum Gasteiger partial charge on any atom is 0.337 e. The predicted octanol–water partition coefficient (Wildman–Crippen LogP) is 3.67. The van der Waals surface area contributed by atoms with Crippen LogP contribution in [-0.2, 0) is 11.2 Å². The summed E-state index contributed by atoms with van der Waals surface area (Å²) in [4.78, 5) is 24.1. The van der Waals surface area contributed by atoms with E-state index in [-0.39, 0.29) is 28.6 Å². The van der Waals surface area contributed by atoms with Crippen LogP contribution in [-0.4, -0.2) is 17.0 Å². The molecule has 0 saturated heterocycles. The molecule has 0 aliphatic rings. The lowest BCUT2D eigenvalue weighted by atomic mass is 10.1. The van der Waals surface area contributed by atoms with Gasteiger partial charge in [-0.05, 0) is 30.0 Å². The molecule has 20 heavy (non-hydrogen) atoms. The highest BCUT2D eigenvalue weighted by Gasteiger charge is 2.15. The average Bonchev–Trinajstić information content (AvgIpc) is 2.91. The molecule has 0 spiro atoms. The largest absolute Gasteiger partial charge is 0.478 e. The topological polar surface area (TPSA) is 66.4 Å². The van der Waals surface area contributed by atoms with Crippen molar-refractivity contribution in [3.63, 3.8) is 0 Å². The molecule has 0 aliphatic carbocycles. The van der Waals surface area contributed by atoms with E-state index in [0.29, 0.717) is 6.42 Å². The maximum atomic E-state index is 11.9. The summed E-state index contributed by atoms with van der Waals surface area (Å²) in [7, 11) is 0. The van der Waals surface area contributed by atoms with Gasteiger partial charge in [-0.25, -0.2) is 4.79 Å². The van der Waals surface area contributed by atoms with Crippen LogP contribution < -0.4 is 5.32 Å². The Labute approximate surface area is 125 Å². The zero-order valence-corrected chi connectivity index (χ0v) is 12.0. The molecule has 0 atom stereocenters. The fourth-order valence-electron chi connectivity index (χ4n) is 1.72. The first kappa shape index (κ1) is 14.6. The van der Waals surface area contributed by atoms with Crippen molar-refractivity contribution in [3.8, 4) is 0 Å². The van der Waals surface area contributed by atoms with Crippen LogP contribution in [0.3, 0.4) is 0 Å². The minimum Gasteiger partial charge on any atom is -0.478 e. The Morgan fingerprint density at radius 2 is 2.05 bits per heavy atom. The van der Waals surface area contributed by atoms with Gasteiger partial charge in [-0.3, -0.25) is 4.79 Å². The molecule has 0 saturated carbocycles. The number of thiophene rings is 1. The monoisotopic (exact) mass is 309 g/mol. The summed E-state index contributed by atoms with van der Waals surface area (Å²) in [6.45, 7) is 0. The number of nitrogens with one attached hydrogen (secondary N) is 1. The number of aryl methyl sites for hydroxylation is 1. The van der Waals surface area contributed by atoms with Gasteiger partial charge in [0.25, 0.3) is 0 Å². The number of halogens is 1. The zero-order chi connectivity index (χ0) is 14.5. The lowest BCUT2D eigenvalue weighted by Gasteiger charge is -2.10. The molecule has 0 fully saturated rings. The first-order valence-corrected chi connectivity index (χ1v) is 7.17. The summed E-state index contributed by atoms with van der Waals surface area (Å²) >= 11 is 7.52. The SMILES string of the molecule is O=C(CCc1cccs1)Nc1c(Cl)cccc1C(=O)O. The van der Waals surface area contributed by atoms with E-state index in [9.17, 15) is 9.59 Å². The molecule has 2 N–H and O–H groups in total. The number of amides is 1. The molecule has 2 rings (SSSR count). The van der Waals surface area contributed by atoms with Crippen molar-refractivity contribution >= 4 is 40.5 Å². The molecule has 0 bridgehead atoms. The van der Waals surface area contributed by atoms with Gasteiger partial charge in [0, 0.05) is 11.3 Å². The van der Waals surface area contributed by atoms with Crippen molar-refractivity contribution in [2.24, 2.45) is 0 Å². The number of para-hydroxylation sites is 1. The molecule has 2 aromatic rings. The van der Waals surface area contributed by atoms with Crippen molar-refractivity contribution in [1.82, 2.24) is 0 Å². The molecule has 104 valence electrons. The fourth-order valence-corrected chi connectivity index (χ4v) is 2.65. The Balaban J connectivity index is 2.06. The molecule has 4 nitrogen and oxygen atoms in total. The van der Waals surface area contributed by atoms with Gasteiger partial charge in [-0.2, -0.15) is 0 Å². The van der Waals surface area contributed by atoms with Gasteiger partial charge in [0.05, 0.1) is 16.3 Å². The Morgan fingerprint density at radius 1 is 1.25 bits per heavy atom. The van der Waals surface area contributed by atoms with E-state index in [1.807, 2.05) is 17.5 Å². The summed E-state index contributed by atoms with van der Waals surface area (Å²) in [5, 5.41) is 13.8. The highest BCUT2D eigenvalue weighted by atomic mass is 35.5. The molecular weight excluding hydrogens is 298 g/mol. The molecular formula is C14H12ClNO3S. The number of hydrogen-bond acceptors (Lipinski definition) is 3. The normalized spacial score (nSPS) is 10.2. The van der Waals surface area contributed by atoms with Crippen LogP contribution in [0.25, 0.3) is 0 Å². The average molecular weight is 310 g/mol. The van der Waals surface area contributed by atoms with Gasteiger partial charge in [-0.15, -0.1) is 11.3 Å². The standard InChI is InChI=1S/C14H12ClNO3S/c15-11-5-1-4-10(14(18)19)13(11)16-12(17)7-6-9-3-2-8-20-9/h1-5,8H,6-7H2,(H,16,17)(H,18,19). The van der Waals surface area contributed by atoms with E-state index < -0.39 is 5.97 Å². The van der Waals surface area contributed by atoms with Crippen LogP contribution in [0.15, 0.2) is 35.7 Å². The third-order valence-electron chi connectivity index (χ3n) is 2.69. The fraction of sp³-hybridized carbons (Fsp3) is 0.143. The molecule has 0 radical (unpaired) electrons. The quantitative estimate of drug-likeness (QED) is 0.885. The number of carboxylic acid groups (broad SMARTS) is 1. The molecule has 0 unspecified atom stereocenters. The van der Waals surface area contributed by atoms with Gasteiger partial charge in [0.1, 0.15) is 0 Å². The molecule has 6 heteroatoms. The summed E-state index contributed by atoms with van der Waals surface area (Å²) in [6, 6.07) is 8.36. The molecule has 1 amide bonds. The van der Waals surface area contributed by atoms with E-state index in [4.69, 9.17) is 16.7 Å². The third kappa shape index (κ3) is 3.59. The first-order chi connectivity index (χ1) is 9.58. The van der Waals surface area contributed by atoms with Crippen LogP contribution in [0.4, 0.5) is 5.69 Å². The van der Waals surface area contributed by atoms with E-state index in [0.717, 1.165) is 4.88 Å². The predicted molar refractivity (Wildman–Crippen MR) is 79.7 cm³/mol. The van der Waals surface area contributed by atoms with E-state index >= 15 is 0 Å². The van der Waals surface area contributed by atoms with Crippen LogP contribution in [0.2, 0.25) is 5.02 Å². The van der Waals surface area contributed by atoms with Crippen LogP contribution in [0.1, 0.15) is 21.7 Å². The maximum absolute atomic E-state index is 11.9. The summed E-state index contributed by atoms with van der Waals surface area (Å²) < 4.78 is 0. The van der Waals surface area contributed by atoms with Crippen LogP contribution >= 0.6 is 22.9 Å². The molecule has 1 aromatic heterocycles. The lowest BCUT2D eigenvalue weighted by molar-refractivity contribution is -0.116. The number of hydrogen-bond donors (Lipinski definition) is 2. The Bertz CT molecular complexity index is 625. The first-order valence-electron chi connectivity index (χ1n) is 5.92. The molecule has 1 heterocycles. The molecule has 0 aliphatic heterocycles. The van der Waals surface area contributed by atoms with E-state index in [2.05, 4.69) is 5.32 Å². The lowest BCUT2D eigenvalue weighted by Crippen LogP contribution is -2.15. The van der Waals surface area contributed by atoms with Gasteiger partial charge < -0.3 is 10.4 Å². The minimum absolute atomic E-state index is 0.0121.